The zero-order valence-electron chi connectivity index (χ0n) is 11.6. The molecule has 0 bridgehead atoms. The molecule has 0 aromatic heterocycles. The minimum absolute atomic E-state index is 0.0933. The van der Waals surface area contributed by atoms with E-state index in [0.29, 0.717) is 12.5 Å². The molecule has 2 N–H and O–H groups in total. The predicted molar refractivity (Wildman–Crippen MR) is 71.2 cm³/mol. The van der Waals surface area contributed by atoms with Crippen LogP contribution in [0, 0.1) is 5.92 Å². The van der Waals surface area contributed by atoms with Crippen LogP contribution < -0.4 is 5.32 Å². The van der Waals surface area contributed by atoms with E-state index in [4.69, 9.17) is 0 Å². The topological polar surface area (TPSA) is 52.6 Å². The van der Waals surface area contributed by atoms with E-state index in [2.05, 4.69) is 5.32 Å². The summed E-state index contributed by atoms with van der Waals surface area (Å²) >= 11 is 0. The van der Waals surface area contributed by atoms with Crippen LogP contribution in [-0.4, -0.2) is 48.2 Å². The van der Waals surface area contributed by atoms with Crippen molar-refractivity contribution in [2.45, 2.75) is 56.6 Å². The molecule has 0 radical (unpaired) electrons. The molecule has 4 nitrogen and oxygen atoms in total. The van der Waals surface area contributed by atoms with Crippen LogP contribution in [0.15, 0.2) is 0 Å². The van der Waals surface area contributed by atoms with Crippen LogP contribution in [0.2, 0.25) is 0 Å². The smallest absolute Gasteiger partial charge is 0.240 e. The molecule has 2 rings (SSSR count). The van der Waals surface area contributed by atoms with Crippen molar-refractivity contribution in [1.29, 1.82) is 0 Å². The second-order valence-electron chi connectivity index (χ2n) is 6.10. The third kappa shape index (κ3) is 2.54. The Balaban J connectivity index is 1.80. The van der Waals surface area contributed by atoms with Gasteiger partial charge in [-0.25, -0.2) is 0 Å². The number of aliphatic hydroxyl groups excluding tert-OH is 1. The first-order chi connectivity index (χ1) is 8.56. The molecular weight excluding hydrogens is 228 g/mol. The molecule has 104 valence electrons. The highest BCUT2D eigenvalue weighted by Crippen LogP contribution is 2.36. The Morgan fingerprint density at radius 3 is 2.39 bits per heavy atom. The van der Waals surface area contributed by atoms with Crippen molar-refractivity contribution in [2.75, 3.05) is 20.6 Å². The number of likely N-dealkylation sites (N-methyl/N-ethyl adjacent to an activating group) is 1. The Morgan fingerprint density at radius 1 is 1.33 bits per heavy atom. The molecule has 4 heteroatoms. The molecule has 2 fully saturated rings. The lowest BCUT2D eigenvalue weighted by molar-refractivity contribution is -0.138. The largest absolute Gasteiger partial charge is 0.391 e. The molecule has 2 aliphatic rings. The molecule has 1 atom stereocenters. The average molecular weight is 254 g/mol. The zero-order chi connectivity index (χ0) is 13.2. The Bertz CT molecular complexity index is 294. The Kier molecular flexibility index (Phi) is 4.28. The molecule has 0 aromatic carbocycles. The zero-order valence-corrected chi connectivity index (χ0v) is 11.6. The van der Waals surface area contributed by atoms with Gasteiger partial charge in [0, 0.05) is 6.54 Å². The van der Waals surface area contributed by atoms with Crippen LogP contribution >= 0.6 is 0 Å². The molecule has 0 aromatic rings. The lowest BCUT2D eigenvalue weighted by Crippen LogP contribution is -2.61. The maximum absolute atomic E-state index is 12.2. The number of rotatable bonds is 5. The summed E-state index contributed by atoms with van der Waals surface area (Å²) in [4.78, 5) is 14.3. The third-order valence-electron chi connectivity index (χ3n) is 4.88. The summed E-state index contributed by atoms with van der Waals surface area (Å²) in [5.74, 6) is 0.484. The molecule has 1 unspecified atom stereocenters. The molecule has 2 saturated carbocycles. The van der Waals surface area contributed by atoms with E-state index in [-0.39, 0.29) is 17.6 Å². The Hall–Kier alpha value is -0.610. The number of nitrogens with one attached hydrogen (secondary N) is 1. The average Bonchev–Trinajstić information content (AvgIpc) is 2.76. The molecular formula is C14H26N2O2. The van der Waals surface area contributed by atoms with E-state index in [0.717, 1.165) is 32.1 Å². The van der Waals surface area contributed by atoms with Crippen molar-refractivity contribution in [2.24, 2.45) is 5.92 Å². The predicted octanol–water partition coefficient (Wildman–Crippen LogP) is 1.14. The summed E-state index contributed by atoms with van der Waals surface area (Å²) in [7, 11) is 3.93. The fourth-order valence-corrected chi connectivity index (χ4v) is 3.26. The summed E-state index contributed by atoms with van der Waals surface area (Å²) in [6.45, 7) is 0.416. The maximum Gasteiger partial charge on any atom is 0.240 e. The SMILES string of the molecule is CN(C)C1(C(=O)NCC(O)C2CCCC2)CCC1. The number of aliphatic hydroxyl groups is 1. The molecule has 18 heavy (non-hydrogen) atoms. The van der Waals surface area contributed by atoms with Crippen LogP contribution in [0.4, 0.5) is 0 Å². The summed E-state index contributed by atoms with van der Waals surface area (Å²) in [5, 5.41) is 13.0. The highest BCUT2D eigenvalue weighted by atomic mass is 16.3. The quantitative estimate of drug-likeness (QED) is 0.773. The van der Waals surface area contributed by atoms with Crippen LogP contribution in [0.5, 0.6) is 0 Å². The van der Waals surface area contributed by atoms with Crippen molar-refractivity contribution in [3.8, 4) is 0 Å². The van der Waals surface area contributed by atoms with Gasteiger partial charge in [-0.15, -0.1) is 0 Å². The van der Waals surface area contributed by atoms with E-state index < -0.39 is 0 Å². The fraction of sp³-hybridized carbons (Fsp3) is 0.929. The number of carbonyl (C=O) groups is 1. The van der Waals surface area contributed by atoms with E-state index in [1.165, 1.54) is 12.8 Å². The van der Waals surface area contributed by atoms with Gasteiger partial charge in [0.05, 0.1) is 11.6 Å². The van der Waals surface area contributed by atoms with Crippen molar-refractivity contribution in [1.82, 2.24) is 10.2 Å². The molecule has 0 spiro atoms. The second kappa shape index (κ2) is 5.57. The summed E-state index contributed by atoms with van der Waals surface area (Å²) in [6.07, 6.45) is 7.28. The second-order valence-corrected chi connectivity index (χ2v) is 6.10. The van der Waals surface area contributed by atoms with Crippen molar-refractivity contribution in [3.05, 3.63) is 0 Å². The number of carbonyl (C=O) groups excluding carboxylic acids is 1. The van der Waals surface area contributed by atoms with Gasteiger partial charge in [0.1, 0.15) is 0 Å². The lowest BCUT2D eigenvalue weighted by Gasteiger charge is -2.45. The fourth-order valence-electron chi connectivity index (χ4n) is 3.26. The number of hydrogen-bond donors (Lipinski definition) is 2. The Morgan fingerprint density at radius 2 is 1.94 bits per heavy atom. The van der Waals surface area contributed by atoms with E-state index in [1.54, 1.807) is 0 Å². The minimum Gasteiger partial charge on any atom is -0.391 e. The molecule has 0 aliphatic heterocycles. The van der Waals surface area contributed by atoms with Crippen molar-refractivity contribution in [3.63, 3.8) is 0 Å². The number of hydrogen-bond acceptors (Lipinski definition) is 3. The summed E-state index contributed by atoms with van der Waals surface area (Å²) in [6, 6.07) is 0. The van der Waals surface area contributed by atoms with Gasteiger partial charge in [-0.3, -0.25) is 9.69 Å². The van der Waals surface area contributed by atoms with Crippen LogP contribution in [0.25, 0.3) is 0 Å². The van der Waals surface area contributed by atoms with Crippen molar-refractivity contribution < 1.29 is 9.90 Å². The highest BCUT2D eigenvalue weighted by molar-refractivity contribution is 5.87. The monoisotopic (exact) mass is 254 g/mol. The standard InChI is InChI=1S/C14H26N2O2/c1-16(2)14(8-5-9-14)13(18)15-10-12(17)11-6-3-4-7-11/h11-12,17H,3-10H2,1-2H3,(H,15,18). The van der Waals surface area contributed by atoms with Gasteiger partial charge in [-0.05, 0) is 52.1 Å². The molecule has 1 amide bonds. The van der Waals surface area contributed by atoms with Gasteiger partial charge in [0.2, 0.25) is 5.91 Å². The van der Waals surface area contributed by atoms with E-state index >= 15 is 0 Å². The van der Waals surface area contributed by atoms with Gasteiger partial charge in [-0.1, -0.05) is 12.8 Å². The summed E-state index contributed by atoms with van der Waals surface area (Å²) < 4.78 is 0. The van der Waals surface area contributed by atoms with Crippen molar-refractivity contribution >= 4 is 5.91 Å². The molecule has 0 heterocycles. The van der Waals surface area contributed by atoms with Gasteiger partial charge in [0.15, 0.2) is 0 Å². The van der Waals surface area contributed by atoms with E-state index in [9.17, 15) is 9.90 Å². The highest BCUT2D eigenvalue weighted by Gasteiger charge is 2.46. The first kappa shape index (κ1) is 13.8. The normalized spacial score (nSPS) is 24.9. The van der Waals surface area contributed by atoms with E-state index in [1.807, 2.05) is 19.0 Å². The summed E-state index contributed by atoms with van der Waals surface area (Å²) in [5.41, 5.74) is -0.310. The Labute approximate surface area is 110 Å². The molecule has 0 saturated heterocycles. The molecule has 2 aliphatic carbocycles. The maximum atomic E-state index is 12.2. The number of amides is 1. The van der Waals surface area contributed by atoms with Crippen LogP contribution in [-0.2, 0) is 4.79 Å². The lowest BCUT2D eigenvalue weighted by atomic mass is 9.75. The van der Waals surface area contributed by atoms with Gasteiger partial charge in [-0.2, -0.15) is 0 Å². The first-order valence-electron chi connectivity index (χ1n) is 7.20. The number of nitrogens with zero attached hydrogens (tertiary/aromatic N) is 1. The van der Waals surface area contributed by atoms with Gasteiger partial charge >= 0.3 is 0 Å². The van der Waals surface area contributed by atoms with Crippen LogP contribution in [0.1, 0.15) is 44.9 Å². The van der Waals surface area contributed by atoms with Gasteiger partial charge in [0.25, 0.3) is 0 Å². The van der Waals surface area contributed by atoms with Gasteiger partial charge < -0.3 is 10.4 Å². The van der Waals surface area contributed by atoms with Crippen LogP contribution in [0.3, 0.4) is 0 Å². The first-order valence-corrected chi connectivity index (χ1v) is 7.20. The third-order valence-corrected chi connectivity index (χ3v) is 4.88. The minimum atomic E-state index is -0.365.